The quantitative estimate of drug-likeness (QED) is 0.744. The number of rotatable bonds is 6. The topological polar surface area (TPSA) is 75.8 Å². The van der Waals surface area contributed by atoms with Crippen LogP contribution in [0.3, 0.4) is 0 Å². The average molecular weight is 338 g/mol. The maximum Gasteiger partial charge on any atom is 0.276 e. The molecule has 1 atom stereocenters. The fraction of sp³-hybridized carbons (Fsp3) is 0.467. The van der Waals surface area contributed by atoms with Crippen LogP contribution in [0.1, 0.15) is 6.42 Å². The van der Waals surface area contributed by atoms with Crippen molar-refractivity contribution in [1.29, 1.82) is 0 Å². The van der Waals surface area contributed by atoms with Crippen molar-refractivity contribution >= 4 is 11.8 Å². The molecule has 0 N–H and O–H groups in total. The van der Waals surface area contributed by atoms with E-state index in [9.17, 15) is 0 Å². The fourth-order valence-corrected chi connectivity index (χ4v) is 2.98. The molecule has 124 valence electrons. The minimum atomic E-state index is 0.158. The first kappa shape index (κ1) is 16.1. The Morgan fingerprint density at radius 1 is 1.22 bits per heavy atom. The first-order valence-electron chi connectivity index (χ1n) is 7.18. The molecular weight excluding hydrogens is 320 g/mol. The van der Waals surface area contributed by atoms with Gasteiger partial charge in [-0.05, 0) is 24.6 Å². The van der Waals surface area contributed by atoms with Gasteiger partial charge in [0.05, 0.1) is 26.9 Å². The Labute approximate surface area is 138 Å². The molecule has 3 rings (SSSR count). The largest absolute Gasteiger partial charge is 0.493 e. The molecule has 0 unspecified atom stereocenters. The normalized spacial score (nSPS) is 17.9. The molecule has 1 aliphatic rings. The number of ether oxygens (including phenoxy) is 4. The van der Waals surface area contributed by atoms with Gasteiger partial charge in [0, 0.05) is 11.3 Å². The Bertz CT molecular complexity index is 643. The summed E-state index contributed by atoms with van der Waals surface area (Å²) in [6.45, 7) is 1.08. The third-order valence-electron chi connectivity index (χ3n) is 3.40. The van der Waals surface area contributed by atoms with E-state index in [2.05, 4.69) is 10.2 Å². The molecule has 2 heterocycles. The van der Waals surface area contributed by atoms with E-state index in [0.29, 0.717) is 29.4 Å². The van der Waals surface area contributed by atoms with Crippen LogP contribution < -0.4 is 9.47 Å². The van der Waals surface area contributed by atoms with Crippen molar-refractivity contribution in [2.45, 2.75) is 17.7 Å². The first-order valence-corrected chi connectivity index (χ1v) is 8.16. The number of benzene rings is 1. The SMILES string of the molecule is COc1ccc(-c2nnc(SC[C@@H]3CCOCO3)o2)cc1OC. The lowest BCUT2D eigenvalue weighted by atomic mass is 10.2. The van der Waals surface area contributed by atoms with Gasteiger partial charge in [-0.25, -0.2) is 0 Å². The number of thioether (sulfide) groups is 1. The van der Waals surface area contributed by atoms with Crippen molar-refractivity contribution in [3.05, 3.63) is 18.2 Å². The molecule has 23 heavy (non-hydrogen) atoms. The molecule has 7 nitrogen and oxygen atoms in total. The van der Waals surface area contributed by atoms with E-state index in [1.54, 1.807) is 20.3 Å². The van der Waals surface area contributed by atoms with Crippen LogP contribution in [0, 0.1) is 0 Å². The van der Waals surface area contributed by atoms with Crippen LogP contribution in [-0.4, -0.2) is 49.7 Å². The van der Waals surface area contributed by atoms with Crippen LogP contribution in [0.4, 0.5) is 0 Å². The summed E-state index contributed by atoms with van der Waals surface area (Å²) in [6, 6.07) is 5.47. The van der Waals surface area contributed by atoms with Gasteiger partial charge in [0.2, 0.25) is 5.89 Å². The standard InChI is InChI=1S/C15H18N2O5S/c1-18-12-4-3-10(7-13(12)19-2)14-16-17-15(22-14)23-8-11-5-6-20-9-21-11/h3-4,7,11H,5-6,8-9H2,1-2H3/t11-/m0/s1. The van der Waals surface area contributed by atoms with Crippen LogP contribution in [0.25, 0.3) is 11.5 Å². The lowest BCUT2D eigenvalue weighted by molar-refractivity contribution is -0.130. The Morgan fingerprint density at radius 2 is 2.09 bits per heavy atom. The van der Waals surface area contributed by atoms with Gasteiger partial charge in [0.25, 0.3) is 5.22 Å². The number of hydrogen-bond donors (Lipinski definition) is 0. The van der Waals surface area contributed by atoms with Crippen molar-refractivity contribution in [2.75, 3.05) is 33.4 Å². The summed E-state index contributed by atoms with van der Waals surface area (Å²) >= 11 is 1.48. The zero-order valence-electron chi connectivity index (χ0n) is 13.0. The second kappa shape index (κ2) is 7.67. The van der Waals surface area contributed by atoms with Gasteiger partial charge in [0.1, 0.15) is 6.79 Å². The van der Waals surface area contributed by atoms with Crippen LogP contribution in [0.5, 0.6) is 11.5 Å². The molecule has 1 saturated heterocycles. The molecule has 1 aromatic heterocycles. The second-order valence-corrected chi connectivity index (χ2v) is 5.83. The zero-order valence-corrected chi connectivity index (χ0v) is 13.8. The van der Waals surface area contributed by atoms with Gasteiger partial charge >= 0.3 is 0 Å². The smallest absolute Gasteiger partial charge is 0.276 e. The van der Waals surface area contributed by atoms with E-state index in [-0.39, 0.29) is 6.10 Å². The summed E-state index contributed by atoms with van der Waals surface area (Å²) in [5, 5.41) is 8.66. The fourth-order valence-electron chi connectivity index (χ4n) is 2.15. The minimum Gasteiger partial charge on any atom is -0.493 e. The molecule has 0 spiro atoms. The molecule has 0 amide bonds. The molecule has 1 aliphatic heterocycles. The average Bonchev–Trinajstić information content (AvgIpc) is 3.09. The third-order valence-corrected chi connectivity index (χ3v) is 4.35. The van der Waals surface area contributed by atoms with E-state index >= 15 is 0 Å². The van der Waals surface area contributed by atoms with E-state index in [1.807, 2.05) is 12.1 Å². The Morgan fingerprint density at radius 3 is 2.83 bits per heavy atom. The van der Waals surface area contributed by atoms with E-state index < -0.39 is 0 Å². The third kappa shape index (κ3) is 3.95. The lowest BCUT2D eigenvalue weighted by Crippen LogP contribution is -2.25. The van der Waals surface area contributed by atoms with E-state index in [0.717, 1.165) is 24.3 Å². The number of aromatic nitrogens is 2. The van der Waals surface area contributed by atoms with E-state index in [4.69, 9.17) is 23.4 Å². The highest BCUT2D eigenvalue weighted by molar-refractivity contribution is 7.99. The highest BCUT2D eigenvalue weighted by atomic mass is 32.2. The highest BCUT2D eigenvalue weighted by Crippen LogP contribution is 2.32. The van der Waals surface area contributed by atoms with Gasteiger partial charge < -0.3 is 23.4 Å². The van der Waals surface area contributed by atoms with Gasteiger partial charge in [-0.2, -0.15) is 0 Å². The number of methoxy groups -OCH3 is 2. The Hall–Kier alpha value is -1.77. The monoisotopic (exact) mass is 338 g/mol. The molecule has 2 aromatic rings. The summed E-state index contributed by atoms with van der Waals surface area (Å²) in [5.41, 5.74) is 0.782. The first-order chi connectivity index (χ1) is 11.3. The second-order valence-electron chi connectivity index (χ2n) is 4.86. The van der Waals surface area contributed by atoms with Gasteiger partial charge in [-0.15, -0.1) is 10.2 Å². The van der Waals surface area contributed by atoms with E-state index in [1.165, 1.54) is 11.8 Å². The minimum absolute atomic E-state index is 0.158. The predicted octanol–water partition coefficient (Wildman–Crippen LogP) is 2.61. The molecular formula is C15H18N2O5S. The van der Waals surface area contributed by atoms with Gasteiger partial charge in [-0.1, -0.05) is 11.8 Å². The Kier molecular flexibility index (Phi) is 5.37. The molecule has 0 saturated carbocycles. The zero-order chi connectivity index (χ0) is 16.1. The van der Waals surface area contributed by atoms with Crippen molar-refractivity contribution in [3.63, 3.8) is 0 Å². The predicted molar refractivity (Wildman–Crippen MR) is 83.9 cm³/mol. The number of nitrogens with zero attached hydrogens (tertiary/aromatic N) is 2. The van der Waals surface area contributed by atoms with Gasteiger partial charge in [0.15, 0.2) is 11.5 Å². The number of hydrogen-bond acceptors (Lipinski definition) is 8. The van der Waals surface area contributed by atoms with Crippen molar-refractivity contribution in [2.24, 2.45) is 0 Å². The van der Waals surface area contributed by atoms with Crippen LogP contribution >= 0.6 is 11.8 Å². The molecule has 0 aliphatic carbocycles. The van der Waals surface area contributed by atoms with Crippen LogP contribution in [0.15, 0.2) is 27.8 Å². The summed E-state index contributed by atoms with van der Waals surface area (Å²) in [5.74, 6) is 2.48. The highest BCUT2D eigenvalue weighted by Gasteiger charge is 2.17. The molecule has 0 bridgehead atoms. The molecule has 1 aromatic carbocycles. The summed E-state index contributed by atoms with van der Waals surface area (Å²) in [6.07, 6.45) is 1.04. The van der Waals surface area contributed by atoms with Crippen molar-refractivity contribution < 1.29 is 23.4 Å². The summed E-state index contributed by atoms with van der Waals surface area (Å²) < 4.78 is 26.8. The van der Waals surface area contributed by atoms with Crippen molar-refractivity contribution in [1.82, 2.24) is 10.2 Å². The van der Waals surface area contributed by atoms with Crippen LogP contribution in [0.2, 0.25) is 0 Å². The summed E-state index contributed by atoms with van der Waals surface area (Å²) in [4.78, 5) is 0. The maximum atomic E-state index is 5.69. The molecule has 1 fully saturated rings. The Balaban J connectivity index is 1.66. The molecule has 8 heteroatoms. The maximum absolute atomic E-state index is 5.69. The van der Waals surface area contributed by atoms with Crippen molar-refractivity contribution in [3.8, 4) is 23.0 Å². The molecule has 0 radical (unpaired) electrons. The van der Waals surface area contributed by atoms with Crippen LogP contribution in [-0.2, 0) is 9.47 Å². The summed E-state index contributed by atoms with van der Waals surface area (Å²) in [7, 11) is 3.18. The van der Waals surface area contributed by atoms with Gasteiger partial charge in [-0.3, -0.25) is 0 Å². The lowest BCUT2D eigenvalue weighted by Gasteiger charge is -2.21.